The summed E-state index contributed by atoms with van der Waals surface area (Å²) < 4.78 is 0. The molecule has 16 heteroatoms. The first-order chi connectivity index (χ1) is 33.1. The Hall–Kier alpha value is -6.31. The standard InChI is InChI=1S/C53H65N11O5/c1-6-33-11-13-34(14-12-33)32(2)57-49(68)44-21-40(65)31-64(44)50(69)46(52(3,4)5)58-48(67)36-25-53(26-36)23-35(24-53)37-27-55-51(56-28-37)61-17-15-38(16-18-61)62-19-20-63-39(30-62)29-54-47-43(63)22-42(59-60-47)41-9-7-8-10-45(41)66/h1,7-14,22,27-28,32,35-36,38-40,44,46,65-66H,15-21,23-26,29-31H2,2-5H3,(H,54,60)(H,57,68)(H,58,67)/t32-,35?,36?,39-,40+,44-,46+,53?/m0/s1. The summed E-state index contributed by atoms with van der Waals surface area (Å²) in [4.78, 5) is 60.2. The number of piperidine rings is 1. The smallest absolute Gasteiger partial charge is 0.246 e. The highest BCUT2D eigenvalue weighted by molar-refractivity contribution is 5.94. The molecule has 2 aromatic carbocycles. The van der Waals surface area contributed by atoms with E-state index in [1.807, 2.05) is 88.6 Å². The molecule has 0 unspecified atom stereocenters. The van der Waals surface area contributed by atoms with E-state index in [1.54, 1.807) is 6.07 Å². The number of phenolic OH excluding ortho intramolecular Hbond substituents is 1. The van der Waals surface area contributed by atoms with Gasteiger partial charge in [0.1, 0.15) is 17.8 Å². The minimum absolute atomic E-state index is 0.0257. The number of β-amino-alcohol motifs (C(OH)–C–C–N with tert-alkyl or cyclic N) is 1. The lowest BCUT2D eigenvalue weighted by atomic mass is 9.47. The molecule has 2 aliphatic carbocycles. The minimum Gasteiger partial charge on any atom is -0.507 e. The number of aliphatic hydroxyl groups is 1. The molecule has 69 heavy (non-hydrogen) atoms. The molecule has 2 saturated carbocycles. The number of benzene rings is 2. The highest BCUT2D eigenvalue weighted by atomic mass is 16.3. The number of likely N-dealkylation sites (tertiary alicyclic amines) is 1. The van der Waals surface area contributed by atoms with Crippen LogP contribution in [-0.2, 0) is 14.4 Å². The maximum Gasteiger partial charge on any atom is 0.246 e. The number of aromatic hydroxyl groups is 1. The maximum atomic E-state index is 14.2. The van der Waals surface area contributed by atoms with Gasteiger partial charge in [-0.3, -0.25) is 19.3 Å². The Morgan fingerprint density at radius 1 is 0.899 bits per heavy atom. The van der Waals surface area contributed by atoms with Crippen LogP contribution < -0.4 is 25.8 Å². The summed E-state index contributed by atoms with van der Waals surface area (Å²) in [6, 6.07) is 15.4. The first kappa shape index (κ1) is 46.4. The summed E-state index contributed by atoms with van der Waals surface area (Å²) in [7, 11) is 0. The van der Waals surface area contributed by atoms with Crippen molar-refractivity contribution in [2.24, 2.45) is 16.7 Å². The van der Waals surface area contributed by atoms with Crippen molar-refractivity contribution in [2.75, 3.05) is 60.9 Å². The van der Waals surface area contributed by atoms with Gasteiger partial charge in [0.25, 0.3) is 0 Å². The largest absolute Gasteiger partial charge is 0.507 e. The Morgan fingerprint density at radius 2 is 1.62 bits per heavy atom. The summed E-state index contributed by atoms with van der Waals surface area (Å²) >= 11 is 0. The van der Waals surface area contributed by atoms with E-state index >= 15 is 0 Å². The van der Waals surface area contributed by atoms with Gasteiger partial charge in [0.2, 0.25) is 23.7 Å². The Morgan fingerprint density at radius 3 is 2.32 bits per heavy atom. The Labute approximate surface area is 404 Å². The number of hydrogen-bond acceptors (Lipinski definition) is 13. The molecule has 10 rings (SSSR count). The van der Waals surface area contributed by atoms with Crippen molar-refractivity contribution in [2.45, 2.75) is 115 Å². The van der Waals surface area contributed by atoms with Gasteiger partial charge >= 0.3 is 0 Å². The van der Waals surface area contributed by atoms with Gasteiger partial charge in [0, 0.05) is 87.7 Å². The van der Waals surface area contributed by atoms with Crippen molar-refractivity contribution in [1.29, 1.82) is 0 Å². The van der Waals surface area contributed by atoms with Crippen LogP contribution in [0.15, 0.2) is 67.0 Å². The topological polar surface area (TPSA) is 192 Å². The molecule has 3 amide bonds. The number of phenols is 1. The third-order valence-corrected chi connectivity index (χ3v) is 16.0. The average Bonchev–Trinajstić information content (AvgIpc) is 3.73. The third kappa shape index (κ3) is 9.31. The lowest BCUT2D eigenvalue weighted by Gasteiger charge is -2.57. The van der Waals surface area contributed by atoms with Crippen molar-refractivity contribution in [3.05, 3.63) is 83.7 Å². The molecule has 5 N–H and O–H groups in total. The van der Waals surface area contributed by atoms with Crippen LogP contribution >= 0.6 is 0 Å². The van der Waals surface area contributed by atoms with Crippen LogP contribution in [-0.4, -0.2) is 134 Å². The van der Waals surface area contributed by atoms with Crippen LogP contribution in [0.4, 0.5) is 17.5 Å². The van der Waals surface area contributed by atoms with Crippen LogP contribution in [0.2, 0.25) is 0 Å². The Balaban J connectivity index is 0.677. The van der Waals surface area contributed by atoms with Gasteiger partial charge in [0.05, 0.1) is 29.6 Å². The Bertz CT molecular complexity index is 2590. The molecular weight excluding hydrogens is 871 g/mol. The van der Waals surface area contributed by atoms with Gasteiger partial charge < -0.3 is 40.9 Å². The molecule has 6 aliphatic rings. The number of hydrogen-bond donors (Lipinski definition) is 5. The van der Waals surface area contributed by atoms with Crippen molar-refractivity contribution in [3.63, 3.8) is 0 Å². The van der Waals surface area contributed by atoms with E-state index in [0.29, 0.717) is 29.3 Å². The molecule has 6 heterocycles. The molecule has 0 radical (unpaired) electrons. The second-order valence-electron chi connectivity index (χ2n) is 21.6. The zero-order valence-corrected chi connectivity index (χ0v) is 40.1. The zero-order chi connectivity index (χ0) is 48.2. The first-order valence-electron chi connectivity index (χ1n) is 24.8. The van der Waals surface area contributed by atoms with Crippen LogP contribution in [0.3, 0.4) is 0 Å². The number of fused-ring (bicyclic) bond motifs is 3. The molecule has 16 nitrogen and oxygen atoms in total. The van der Waals surface area contributed by atoms with Gasteiger partial charge in [-0.05, 0) is 104 Å². The lowest BCUT2D eigenvalue weighted by molar-refractivity contribution is -0.148. The number of nitrogens with zero attached hydrogens (tertiary/aromatic N) is 8. The molecule has 2 aromatic heterocycles. The van der Waals surface area contributed by atoms with E-state index in [-0.39, 0.29) is 53.8 Å². The average molecular weight is 936 g/mol. The van der Waals surface area contributed by atoms with E-state index in [4.69, 9.17) is 16.4 Å². The molecule has 5 atom stereocenters. The predicted molar refractivity (Wildman–Crippen MR) is 263 cm³/mol. The first-order valence-corrected chi connectivity index (χ1v) is 24.8. The number of terminal acetylenes is 1. The van der Waals surface area contributed by atoms with E-state index in [0.717, 1.165) is 112 Å². The minimum atomic E-state index is -0.862. The van der Waals surface area contributed by atoms with E-state index in [9.17, 15) is 24.6 Å². The van der Waals surface area contributed by atoms with Crippen LogP contribution in [0.1, 0.15) is 101 Å². The highest BCUT2D eigenvalue weighted by Crippen LogP contribution is 2.64. The number of rotatable bonds is 10. The molecule has 4 aliphatic heterocycles. The van der Waals surface area contributed by atoms with Crippen LogP contribution in [0.5, 0.6) is 5.75 Å². The summed E-state index contributed by atoms with van der Waals surface area (Å²) in [6.07, 6.45) is 14.4. The number of amides is 3. The van der Waals surface area contributed by atoms with Crippen molar-refractivity contribution in [3.8, 4) is 29.4 Å². The second-order valence-corrected chi connectivity index (χ2v) is 21.6. The molecule has 362 valence electrons. The quantitative estimate of drug-likeness (QED) is 0.136. The number of carbonyl (C=O) groups excluding carboxylic acids is 3. The van der Waals surface area contributed by atoms with E-state index in [1.165, 1.54) is 4.90 Å². The SMILES string of the molecule is C#Cc1ccc([C@H](C)NC(=O)[C@@H]2C[C@@H](O)CN2C(=O)[C@@H](NC(=O)C2CC3(C2)CC(c2cnc(N4CCC(N5CCN6c7cc(-c8ccccc8O)nnc7NC[C@H]6C5)CC4)nc2)C3)C(C)(C)C)cc1. The molecule has 4 aromatic rings. The van der Waals surface area contributed by atoms with Gasteiger partial charge in [-0.2, -0.15) is 0 Å². The molecular formula is C53H65N11O5. The maximum absolute atomic E-state index is 14.2. The molecule has 5 fully saturated rings. The zero-order valence-electron chi connectivity index (χ0n) is 40.1. The van der Waals surface area contributed by atoms with E-state index < -0.39 is 23.6 Å². The van der Waals surface area contributed by atoms with Gasteiger partial charge in [-0.1, -0.05) is 51.0 Å². The number of piperazine rings is 1. The fraction of sp³-hybridized carbons (Fsp3) is 0.528. The summed E-state index contributed by atoms with van der Waals surface area (Å²) in [5.41, 5.74) is 4.64. The fourth-order valence-corrected chi connectivity index (χ4v) is 12.0. The predicted octanol–water partition coefficient (Wildman–Crippen LogP) is 4.85. The third-order valence-electron chi connectivity index (χ3n) is 16.0. The fourth-order valence-electron chi connectivity index (χ4n) is 12.0. The van der Waals surface area contributed by atoms with Crippen LogP contribution in [0.25, 0.3) is 11.3 Å². The summed E-state index contributed by atoms with van der Waals surface area (Å²) in [5.74, 6) is 3.71. The van der Waals surface area contributed by atoms with Crippen LogP contribution in [0, 0.1) is 29.1 Å². The summed E-state index contributed by atoms with van der Waals surface area (Å²) in [5, 5.41) is 39.6. The van der Waals surface area contributed by atoms with E-state index in [2.05, 4.69) is 46.8 Å². The number of aliphatic hydroxyl groups excluding tert-OH is 1. The number of nitrogens with one attached hydrogen (secondary N) is 3. The molecule has 1 spiro atoms. The van der Waals surface area contributed by atoms with Gasteiger partial charge in [-0.25, -0.2) is 9.97 Å². The highest BCUT2D eigenvalue weighted by Gasteiger charge is 2.56. The number of anilines is 3. The number of carbonyl (C=O) groups is 3. The molecule has 3 saturated heterocycles. The normalized spacial score (nSPS) is 26.6. The monoisotopic (exact) mass is 936 g/mol. The number of aromatic nitrogens is 4. The molecule has 0 bridgehead atoms. The Kier molecular flexibility index (Phi) is 12.5. The second kappa shape index (κ2) is 18.5. The van der Waals surface area contributed by atoms with Gasteiger partial charge in [0.15, 0.2) is 5.82 Å². The number of para-hydroxylation sites is 1. The lowest BCUT2D eigenvalue weighted by Crippen LogP contribution is -2.61. The van der Waals surface area contributed by atoms with Crippen molar-refractivity contribution < 1.29 is 24.6 Å². The van der Waals surface area contributed by atoms with Crippen molar-refractivity contribution >= 4 is 35.2 Å². The van der Waals surface area contributed by atoms with Crippen molar-refractivity contribution in [1.82, 2.24) is 40.6 Å². The van der Waals surface area contributed by atoms with Gasteiger partial charge in [-0.15, -0.1) is 16.6 Å². The summed E-state index contributed by atoms with van der Waals surface area (Å²) in [6.45, 7) is 13.1.